The minimum Gasteiger partial charge on any atom is -0.315 e. The van der Waals surface area contributed by atoms with Crippen molar-refractivity contribution in [3.63, 3.8) is 0 Å². The van der Waals surface area contributed by atoms with Crippen LogP contribution < -0.4 is 5.32 Å². The Morgan fingerprint density at radius 3 is 2.55 bits per heavy atom. The topological polar surface area (TPSA) is 12.0 Å². The third-order valence-electron chi connectivity index (χ3n) is 4.11. The molecule has 20 heavy (non-hydrogen) atoms. The van der Waals surface area contributed by atoms with E-state index in [0.29, 0.717) is 0 Å². The van der Waals surface area contributed by atoms with Crippen molar-refractivity contribution in [1.82, 2.24) is 5.32 Å². The van der Waals surface area contributed by atoms with Gasteiger partial charge in [0.2, 0.25) is 0 Å². The maximum atomic E-state index is 14.1. The Morgan fingerprint density at radius 2 is 1.95 bits per heavy atom. The highest BCUT2D eigenvalue weighted by Gasteiger charge is 2.40. The van der Waals surface area contributed by atoms with Crippen molar-refractivity contribution in [3.05, 3.63) is 70.0 Å². The van der Waals surface area contributed by atoms with Gasteiger partial charge in [0.25, 0.3) is 0 Å². The summed E-state index contributed by atoms with van der Waals surface area (Å²) in [6.07, 6.45) is 0.764. The molecule has 0 spiro atoms. The van der Waals surface area contributed by atoms with E-state index in [1.54, 1.807) is 6.07 Å². The largest absolute Gasteiger partial charge is 0.315 e. The van der Waals surface area contributed by atoms with Gasteiger partial charge >= 0.3 is 0 Å². The minimum atomic E-state index is -0.176. The zero-order valence-electron chi connectivity index (χ0n) is 11.4. The summed E-state index contributed by atoms with van der Waals surface area (Å²) in [6.45, 7) is 3.60. The second kappa shape index (κ2) is 5.19. The van der Waals surface area contributed by atoms with Crippen LogP contribution in [0.2, 0.25) is 5.02 Å². The molecule has 1 aliphatic rings. The fourth-order valence-electron chi connectivity index (χ4n) is 2.89. The molecule has 0 unspecified atom stereocenters. The van der Waals surface area contributed by atoms with Crippen LogP contribution in [0.5, 0.6) is 0 Å². The van der Waals surface area contributed by atoms with Crippen LogP contribution in [0.1, 0.15) is 16.7 Å². The van der Waals surface area contributed by atoms with E-state index in [1.807, 2.05) is 25.1 Å². The number of nitrogens with one attached hydrogen (secondary N) is 1. The average molecular weight is 290 g/mol. The summed E-state index contributed by atoms with van der Waals surface area (Å²) in [5.41, 5.74) is 2.84. The van der Waals surface area contributed by atoms with Crippen LogP contribution in [0.4, 0.5) is 4.39 Å². The van der Waals surface area contributed by atoms with Crippen LogP contribution in [0.3, 0.4) is 0 Å². The fraction of sp³-hybridized carbons (Fsp3) is 0.294. The second-order valence-electron chi connectivity index (χ2n) is 5.64. The first-order chi connectivity index (χ1) is 9.61. The van der Waals surface area contributed by atoms with Crippen molar-refractivity contribution >= 4 is 11.6 Å². The van der Waals surface area contributed by atoms with E-state index in [-0.39, 0.29) is 11.2 Å². The van der Waals surface area contributed by atoms with Gasteiger partial charge in [0.1, 0.15) is 5.82 Å². The van der Waals surface area contributed by atoms with Crippen molar-refractivity contribution in [2.45, 2.75) is 18.8 Å². The summed E-state index contributed by atoms with van der Waals surface area (Å²) in [5, 5.41) is 4.04. The van der Waals surface area contributed by atoms with Gasteiger partial charge in [-0.15, -0.1) is 0 Å². The molecular formula is C17H17ClFN. The van der Waals surface area contributed by atoms with Crippen LogP contribution in [-0.2, 0) is 11.8 Å². The van der Waals surface area contributed by atoms with Crippen LogP contribution in [-0.4, -0.2) is 13.1 Å². The monoisotopic (exact) mass is 289 g/mol. The highest BCUT2D eigenvalue weighted by molar-refractivity contribution is 6.31. The Morgan fingerprint density at radius 1 is 1.20 bits per heavy atom. The molecule has 1 N–H and O–H groups in total. The lowest BCUT2D eigenvalue weighted by Crippen LogP contribution is -2.58. The lowest BCUT2D eigenvalue weighted by atomic mass is 9.70. The molecule has 1 saturated heterocycles. The summed E-state index contributed by atoms with van der Waals surface area (Å²) in [7, 11) is 0. The SMILES string of the molecule is Cc1ccc(CC2(c3ccccc3F)CNC2)c(Cl)c1. The van der Waals surface area contributed by atoms with E-state index in [4.69, 9.17) is 11.6 Å². The third kappa shape index (κ3) is 2.34. The van der Waals surface area contributed by atoms with E-state index >= 15 is 0 Å². The van der Waals surface area contributed by atoms with Gasteiger partial charge in [-0.05, 0) is 42.2 Å². The quantitative estimate of drug-likeness (QED) is 0.904. The molecule has 0 radical (unpaired) electrons. The van der Waals surface area contributed by atoms with Gasteiger partial charge in [0, 0.05) is 23.5 Å². The maximum Gasteiger partial charge on any atom is 0.127 e. The lowest BCUT2D eigenvalue weighted by Gasteiger charge is -2.43. The Bertz CT molecular complexity index is 635. The van der Waals surface area contributed by atoms with E-state index in [0.717, 1.165) is 41.2 Å². The average Bonchev–Trinajstić information content (AvgIpc) is 2.37. The molecule has 0 saturated carbocycles. The van der Waals surface area contributed by atoms with Crippen molar-refractivity contribution in [1.29, 1.82) is 0 Å². The minimum absolute atomic E-state index is 0.128. The van der Waals surface area contributed by atoms with Crippen LogP contribution in [0.15, 0.2) is 42.5 Å². The van der Waals surface area contributed by atoms with E-state index in [9.17, 15) is 4.39 Å². The number of hydrogen-bond acceptors (Lipinski definition) is 1. The van der Waals surface area contributed by atoms with Gasteiger partial charge in [-0.25, -0.2) is 4.39 Å². The van der Waals surface area contributed by atoms with Crippen molar-refractivity contribution < 1.29 is 4.39 Å². The normalized spacial score (nSPS) is 16.8. The van der Waals surface area contributed by atoms with Gasteiger partial charge in [-0.1, -0.05) is 41.9 Å². The highest BCUT2D eigenvalue weighted by atomic mass is 35.5. The molecule has 3 rings (SSSR count). The molecule has 1 heterocycles. The van der Waals surface area contributed by atoms with Gasteiger partial charge < -0.3 is 5.32 Å². The lowest BCUT2D eigenvalue weighted by molar-refractivity contribution is 0.266. The summed E-state index contributed by atoms with van der Waals surface area (Å²) < 4.78 is 14.1. The first-order valence-electron chi connectivity index (χ1n) is 6.81. The second-order valence-corrected chi connectivity index (χ2v) is 6.04. The molecule has 0 aliphatic carbocycles. The van der Waals surface area contributed by atoms with Gasteiger partial charge in [0.15, 0.2) is 0 Å². The van der Waals surface area contributed by atoms with Gasteiger partial charge in [-0.2, -0.15) is 0 Å². The van der Waals surface area contributed by atoms with Gasteiger partial charge in [-0.3, -0.25) is 0 Å². The molecule has 2 aromatic carbocycles. The number of aryl methyl sites for hydroxylation is 1. The maximum absolute atomic E-state index is 14.1. The number of benzene rings is 2. The first-order valence-corrected chi connectivity index (χ1v) is 7.19. The Kier molecular flexibility index (Phi) is 3.53. The highest BCUT2D eigenvalue weighted by Crippen LogP contribution is 2.36. The molecule has 3 heteroatoms. The van der Waals surface area contributed by atoms with Crippen molar-refractivity contribution in [2.75, 3.05) is 13.1 Å². The standard InChI is InChI=1S/C17H17ClFN/c1-12-6-7-13(15(18)8-12)9-17(10-20-11-17)14-4-2-3-5-16(14)19/h2-8,20H,9-11H2,1H3. The number of rotatable bonds is 3. The summed E-state index contributed by atoms with van der Waals surface area (Å²) in [6, 6.07) is 13.1. The summed E-state index contributed by atoms with van der Waals surface area (Å²) >= 11 is 6.33. The molecule has 0 amide bonds. The number of hydrogen-bond donors (Lipinski definition) is 1. The Hall–Kier alpha value is -1.38. The molecule has 0 bridgehead atoms. The Labute approximate surface area is 123 Å². The predicted molar refractivity (Wildman–Crippen MR) is 80.8 cm³/mol. The van der Waals surface area contributed by atoms with Crippen molar-refractivity contribution in [2.24, 2.45) is 0 Å². The first kappa shape index (κ1) is 13.6. The van der Waals surface area contributed by atoms with Crippen LogP contribution >= 0.6 is 11.6 Å². The van der Waals surface area contributed by atoms with Crippen LogP contribution in [0.25, 0.3) is 0 Å². The zero-order valence-corrected chi connectivity index (χ0v) is 12.2. The molecule has 0 atom stereocenters. The molecule has 0 aromatic heterocycles. The Balaban J connectivity index is 1.96. The number of halogens is 2. The van der Waals surface area contributed by atoms with E-state index < -0.39 is 0 Å². The third-order valence-corrected chi connectivity index (χ3v) is 4.46. The smallest absolute Gasteiger partial charge is 0.127 e. The van der Waals surface area contributed by atoms with Gasteiger partial charge in [0.05, 0.1) is 0 Å². The molecule has 2 aromatic rings. The summed E-state index contributed by atoms with van der Waals surface area (Å²) in [4.78, 5) is 0. The zero-order chi connectivity index (χ0) is 14.2. The summed E-state index contributed by atoms with van der Waals surface area (Å²) in [5.74, 6) is -0.128. The van der Waals surface area contributed by atoms with E-state index in [2.05, 4.69) is 17.4 Å². The van der Waals surface area contributed by atoms with Crippen LogP contribution in [0, 0.1) is 12.7 Å². The van der Waals surface area contributed by atoms with E-state index in [1.165, 1.54) is 6.07 Å². The predicted octanol–water partition coefficient (Wildman–Crippen LogP) is 3.87. The molecule has 1 nitrogen and oxygen atoms in total. The van der Waals surface area contributed by atoms with Crippen molar-refractivity contribution in [3.8, 4) is 0 Å². The molecule has 104 valence electrons. The molecule has 1 fully saturated rings. The molecule has 1 aliphatic heterocycles. The molecular weight excluding hydrogens is 273 g/mol. The fourth-order valence-corrected chi connectivity index (χ4v) is 3.19.